The Bertz CT molecular complexity index is 718. The average Bonchev–Trinajstić information content (AvgIpc) is 2.43. The number of rotatable bonds is 5. The van der Waals surface area contributed by atoms with Crippen molar-refractivity contribution in [3.05, 3.63) is 59.9 Å². The van der Waals surface area contributed by atoms with Gasteiger partial charge < -0.3 is 5.73 Å². The van der Waals surface area contributed by atoms with E-state index in [4.69, 9.17) is 5.73 Å². The van der Waals surface area contributed by atoms with Gasteiger partial charge in [0.1, 0.15) is 5.82 Å². The van der Waals surface area contributed by atoms with Crippen LogP contribution in [0.4, 0.5) is 15.8 Å². The first-order valence-corrected chi connectivity index (χ1v) is 8.13. The Morgan fingerprint density at radius 2 is 1.86 bits per heavy atom. The molecule has 0 spiro atoms. The molecule has 0 aromatic heterocycles. The largest absolute Gasteiger partial charge is 0.397 e. The molecular formula is C15H17FN2O2S. The van der Waals surface area contributed by atoms with Gasteiger partial charge in [-0.3, -0.25) is 4.72 Å². The topological polar surface area (TPSA) is 72.2 Å². The van der Waals surface area contributed by atoms with E-state index < -0.39 is 15.8 Å². The first-order valence-electron chi connectivity index (χ1n) is 6.48. The van der Waals surface area contributed by atoms with Crippen molar-refractivity contribution >= 4 is 21.4 Å². The molecule has 0 fully saturated rings. The molecular weight excluding hydrogens is 291 g/mol. The number of benzene rings is 2. The number of nitrogens with one attached hydrogen (secondary N) is 1. The first-order chi connectivity index (χ1) is 9.87. The van der Waals surface area contributed by atoms with Gasteiger partial charge in [-0.1, -0.05) is 37.3 Å². The lowest BCUT2D eigenvalue weighted by molar-refractivity contribution is 0.595. The second-order valence-corrected chi connectivity index (χ2v) is 6.69. The van der Waals surface area contributed by atoms with Gasteiger partial charge in [-0.15, -0.1) is 0 Å². The Morgan fingerprint density at radius 1 is 1.19 bits per heavy atom. The van der Waals surface area contributed by atoms with E-state index in [9.17, 15) is 12.8 Å². The van der Waals surface area contributed by atoms with Gasteiger partial charge in [0.25, 0.3) is 0 Å². The van der Waals surface area contributed by atoms with Gasteiger partial charge in [-0.2, -0.15) is 0 Å². The van der Waals surface area contributed by atoms with Crippen LogP contribution >= 0.6 is 0 Å². The minimum Gasteiger partial charge on any atom is -0.397 e. The lowest BCUT2D eigenvalue weighted by Crippen LogP contribution is -2.21. The highest BCUT2D eigenvalue weighted by atomic mass is 32.2. The zero-order chi connectivity index (χ0) is 15.5. The molecule has 0 radical (unpaired) electrons. The van der Waals surface area contributed by atoms with Crippen LogP contribution in [0.25, 0.3) is 0 Å². The Hall–Kier alpha value is -2.08. The van der Waals surface area contributed by atoms with Crippen LogP contribution < -0.4 is 10.5 Å². The fraction of sp³-hybridized carbons (Fsp3) is 0.200. The Kier molecular flexibility index (Phi) is 4.47. The van der Waals surface area contributed by atoms with E-state index in [1.54, 1.807) is 0 Å². The summed E-state index contributed by atoms with van der Waals surface area (Å²) in [6.45, 7) is 1.82. The van der Waals surface area contributed by atoms with Crippen molar-refractivity contribution in [3.8, 4) is 0 Å². The van der Waals surface area contributed by atoms with Gasteiger partial charge in [0, 0.05) is 6.07 Å². The number of nitrogen functional groups attached to an aromatic ring is 1. The molecule has 6 heteroatoms. The molecule has 2 rings (SSSR count). The van der Waals surface area contributed by atoms with Crippen molar-refractivity contribution in [1.82, 2.24) is 0 Å². The molecule has 0 heterocycles. The fourth-order valence-corrected chi connectivity index (χ4v) is 3.48. The quantitative estimate of drug-likeness (QED) is 0.834. The van der Waals surface area contributed by atoms with Gasteiger partial charge in [-0.25, -0.2) is 12.8 Å². The Balaban J connectivity index is 2.14. The molecule has 0 saturated carbocycles. The standard InChI is InChI=1S/C15H17FN2O2S/c1-11(12-5-3-2-4-6-12)10-21(19,20)18-15-9-13(16)7-8-14(15)17/h2-9,11,18H,10,17H2,1H3. The summed E-state index contributed by atoms with van der Waals surface area (Å²) in [6.07, 6.45) is 0. The Labute approximate surface area is 123 Å². The van der Waals surface area contributed by atoms with Gasteiger partial charge >= 0.3 is 0 Å². The summed E-state index contributed by atoms with van der Waals surface area (Å²) in [5.74, 6) is -0.830. The summed E-state index contributed by atoms with van der Waals surface area (Å²) in [5.41, 5.74) is 6.82. The summed E-state index contributed by atoms with van der Waals surface area (Å²) in [5, 5.41) is 0. The summed E-state index contributed by atoms with van der Waals surface area (Å²) in [4.78, 5) is 0. The second-order valence-electron chi connectivity index (χ2n) is 4.93. The number of nitrogens with two attached hydrogens (primary N) is 1. The lowest BCUT2D eigenvalue weighted by Gasteiger charge is -2.15. The van der Waals surface area contributed by atoms with Gasteiger partial charge in [-0.05, 0) is 23.6 Å². The number of hydrogen-bond acceptors (Lipinski definition) is 3. The minimum absolute atomic E-state index is 0.0651. The maximum Gasteiger partial charge on any atom is 0.233 e. The van der Waals surface area contributed by atoms with Crippen molar-refractivity contribution in [2.24, 2.45) is 0 Å². The maximum absolute atomic E-state index is 13.2. The summed E-state index contributed by atoms with van der Waals surface area (Å²) in [6, 6.07) is 12.9. The molecule has 0 aliphatic carbocycles. The van der Waals surface area contributed by atoms with E-state index in [-0.39, 0.29) is 23.0 Å². The average molecular weight is 308 g/mol. The van der Waals surface area contributed by atoms with Crippen LogP contribution in [0.15, 0.2) is 48.5 Å². The first kappa shape index (κ1) is 15.3. The summed E-state index contributed by atoms with van der Waals surface area (Å²) >= 11 is 0. The van der Waals surface area contributed by atoms with Crippen molar-refractivity contribution in [3.63, 3.8) is 0 Å². The highest BCUT2D eigenvalue weighted by Gasteiger charge is 2.18. The van der Waals surface area contributed by atoms with Crippen LogP contribution in [0.3, 0.4) is 0 Å². The molecule has 0 aliphatic heterocycles. The van der Waals surface area contributed by atoms with Crippen LogP contribution in [0.5, 0.6) is 0 Å². The molecule has 2 aromatic carbocycles. The monoisotopic (exact) mass is 308 g/mol. The van der Waals surface area contributed by atoms with Crippen LogP contribution in [-0.2, 0) is 10.0 Å². The molecule has 0 aliphatic rings. The second kappa shape index (κ2) is 6.13. The fourth-order valence-electron chi connectivity index (χ4n) is 2.03. The van der Waals surface area contributed by atoms with Crippen molar-refractivity contribution in [2.75, 3.05) is 16.2 Å². The smallest absolute Gasteiger partial charge is 0.233 e. The molecule has 4 nitrogen and oxygen atoms in total. The van der Waals surface area contributed by atoms with E-state index in [0.717, 1.165) is 11.6 Å². The highest BCUT2D eigenvalue weighted by molar-refractivity contribution is 7.92. The molecule has 1 unspecified atom stereocenters. The van der Waals surface area contributed by atoms with Gasteiger partial charge in [0.2, 0.25) is 10.0 Å². The molecule has 2 aromatic rings. The molecule has 112 valence electrons. The minimum atomic E-state index is -3.62. The molecule has 0 amide bonds. The maximum atomic E-state index is 13.2. The number of halogens is 1. The van der Waals surface area contributed by atoms with Crippen LogP contribution in [0.1, 0.15) is 18.4 Å². The van der Waals surface area contributed by atoms with Crippen LogP contribution in [0.2, 0.25) is 0 Å². The predicted octanol–water partition coefficient (Wildman–Crippen LogP) is 2.95. The third-order valence-corrected chi connectivity index (χ3v) is 4.59. The number of anilines is 2. The SMILES string of the molecule is CC(CS(=O)(=O)Nc1cc(F)ccc1N)c1ccccc1. The highest BCUT2D eigenvalue weighted by Crippen LogP contribution is 2.23. The van der Waals surface area contributed by atoms with Gasteiger partial charge in [0.05, 0.1) is 17.1 Å². The number of sulfonamides is 1. The van der Waals surface area contributed by atoms with Crippen LogP contribution in [0, 0.1) is 5.82 Å². The Morgan fingerprint density at radius 3 is 2.52 bits per heavy atom. The number of hydrogen-bond donors (Lipinski definition) is 2. The summed E-state index contributed by atoms with van der Waals surface area (Å²) < 4.78 is 39.8. The van der Waals surface area contributed by atoms with Crippen molar-refractivity contribution in [2.45, 2.75) is 12.8 Å². The van der Waals surface area contributed by atoms with E-state index >= 15 is 0 Å². The van der Waals surface area contributed by atoms with E-state index in [2.05, 4.69) is 4.72 Å². The zero-order valence-electron chi connectivity index (χ0n) is 11.6. The molecule has 0 bridgehead atoms. The predicted molar refractivity (Wildman–Crippen MR) is 83.1 cm³/mol. The third-order valence-electron chi connectivity index (χ3n) is 3.12. The van der Waals surface area contributed by atoms with Crippen molar-refractivity contribution in [1.29, 1.82) is 0 Å². The van der Waals surface area contributed by atoms with Crippen molar-refractivity contribution < 1.29 is 12.8 Å². The molecule has 21 heavy (non-hydrogen) atoms. The van der Waals surface area contributed by atoms with Crippen LogP contribution in [-0.4, -0.2) is 14.2 Å². The summed E-state index contributed by atoms with van der Waals surface area (Å²) in [7, 11) is -3.62. The third kappa shape index (κ3) is 4.19. The molecule has 0 saturated heterocycles. The van der Waals surface area contributed by atoms with E-state index in [1.165, 1.54) is 12.1 Å². The normalized spacial score (nSPS) is 12.9. The van der Waals surface area contributed by atoms with E-state index in [0.29, 0.717) is 0 Å². The lowest BCUT2D eigenvalue weighted by atomic mass is 10.0. The van der Waals surface area contributed by atoms with E-state index in [1.807, 2.05) is 37.3 Å². The van der Waals surface area contributed by atoms with Gasteiger partial charge in [0.15, 0.2) is 0 Å². The molecule has 1 atom stereocenters. The zero-order valence-corrected chi connectivity index (χ0v) is 12.4. The molecule has 3 N–H and O–H groups in total.